The van der Waals surface area contributed by atoms with E-state index in [0.29, 0.717) is 11.3 Å². The van der Waals surface area contributed by atoms with Crippen molar-refractivity contribution in [1.82, 2.24) is 0 Å². The minimum absolute atomic E-state index is 0.277. The Kier molecular flexibility index (Phi) is 6.10. The SMILES string of the molecule is CC(C)(C)OC(=O)N(CC=CCl)c1ccc2cc(C#N)ccc2c1Br. The van der Waals surface area contributed by atoms with Crippen molar-refractivity contribution in [2.75, 3.05) is 11.4 Å². The fourth-order valence-electron chi connectivity index (χ4n) is 2.29. The van der Waals surface area contributed by atoms with Crippen LogP contribution in [0.2, 0.25) is 0 Å². The maximum Gasteiger partial charge on any atom is 0.415 e. The van der Waals surface area contributed by atoms with Crippen LogP contribution in [0.5, 0.6) is 0 Å². The molecule has 0 bridgehead atoms. The van der Waals surface area contributed by atoms with Crippen LogP contribution in [-0.2, 0) is 4.74 Å². The van der Waals surface area contributed by atoms with Crippen molar-refractivity contribution >= 4 is 50.1 Å². The molecule has 0 atom stereocenters. The molecule has 0 fully saturated rings. The molecule has 0 aliphatic rings. The third-order valence-electron chi connectivity index (χ3n) is 3.34. The van der Waals surface area contributed by atoms with E-state index in [1.807, 2.05) is 39.0 Å². The molecule has 0 aliphatic heterocycles. The highest BCUT2D eigenvalue weighted by Crippen LogP contribution is 2.35. The van der Waals surface area contributed by atoms with Gasteiger partial charge in [-0.15, -0.1) is 0 Å². The van der Waals surface area contributed by atoms with Gasteiger partial charge in [0.05, 0.1) is 17.3 Å². The number of carbonyl (C=O) groups is 1. The Morgan fingerprint density at radius 3 is 2.68 bits per heavy atom. The van der Waals surface area contributed by atoms with Crippen molar-refractivity contribution in [2.45, 2.75) is 26.4 Å². The van der Waals surface area contributed by atoms with Crippen LogP contribution in [0.3, 0.4) is 0 Å². The van der Waals surface area contributed by atoms with Crippen LogP contribution in [0.4, 0.5) is 10.5 Å². The summed E-state index contributed by atoms with van der Waals surface area (Å²) in [7, 11) is 0. The molecule has 4 nitrogen and oxygen atoms in total. The second kappa shape index (κ2) is 7.90. The average Bonchev–Trinajstić information content (AvgIpc) is 2.55. The molecule has 0 N–H and O–H groups in total. The number of halogens is 2. The van der Waals surface area contributed by atoms with Gasteiger partial charge in [-0.3, -0.25) is 4.90 Å². The van der Waals surface area contributed by atoms with Crippen molar-refractivity contribution in [3.05, 3.63) is 52.0 Å². The largest absolute Gasteiger partial charge is 0.443 e. The predicted molar refractivity (Wildman–Crippen MR) is 105 cm³/mol. The first-order valence-electron chi connectivity index (χ1n) is 7.65. The summed E-state index contributed by atoms with van der Waals surface area (Å²) in [6.07, 6.45) is 1.21. The number of fused-ring (bicyclic) bond motifs is 1. The average molecular weight is 422 g/mol. The topological polar surface area (TPSA) is 53.3 Å². The second-order valence-electron chi connectivity index (χ2n) is 6.40. The molecule has 0 unspecified atom stereocenters. The quantitative estimate of drug-likeness (QED) is 0.613. The van der Waals surface area contributed by atoms with E-state index in [9.17, 15) is 4.79 Å². The van der Waals surface area contributed by atoms with Gasteiger partial charge in [0.25, 0.3) is 0 Å². The van der Waals surface area contributed by atoms with Gasteiger partial charge in [-0.1, -0.05) is 29.8 Å². The van der Waals surface area contributed by atoms with E-state index < -0.39 is 11.7 Å². The normalized spacial score (nSPS) is 11.5. The third-order valence-corrected chi connectivity index (χ3v) is 4.36. The summed E-state index contributed by atoms with van der Waals surface area (Å²) in [5.74, 6) is 0. The Hall–Kier alpha value is -2.03. The van der Waals surface area contributed by atoms with Gasteiger partial charge >= 0.3 is 6.09 Å². The molecule has 0 aliphatic carbocycles. The number of carbonyl (C=O) groups excluding carboxylic acids is 1. The molecule has 0 radical (unpaired) electrons. The summed E-state index contributed by atoms with van der Waals surface area (Å²) in [5, 5.41) is 10.8. The van der Waals surface area contributed by atoms with Crippen molar-refractivity contribution in [3.8, 4) is 6.07 Å². The zero-order valence-electron chi connectivity index (χ0n) is 14.2. The lowest BCUT2D eigenvalue weighted by atomic mass is 10.1. The van der Waals surface area contributed by atoms with Gasteiger partial charge in [-0.2, -0.15) is 5.26 Å². The molecule has 2 aromatic carbocycles. The van der Waals surface area contributed by atoms with Crippen LogP contribution in [0.15, 0.2) is 46.4 Å². The lowest BCUT2D eigenvalue weighted by Gasteiger charge is -2.27. The zero-order valence-corrected chi connectivity index (χ0v) is 16.6. The summed E-state index contributed by atoms with van der Waals surface area (Å²) in [6.45, 7) is 5.73. The number of hydrogen-bond donors (Lipinski definition) is 0. The van der Waals surface area contributed by atoms with Gasteiger partial charge in [0, 0.05) is 16.6 Å². The standard InChI is InChI=1S/C19H18BrClN2O2/c1-19(2,3)25-18(24)23(10-4-9-21)16-8-6-14-11-13(12-22)5-7-15(14)17(16)20/h4-9,11H,10H2,1-3H3. The molecule has 0 aromatic heterocycles. The lowest BCUT2D eigenvalue weighted by molar-refractivity contribution is 0.0584. The number of benzene rings is 2. The molecule has 0 saturated carbocycles. The van der Waals surface area contributed by atoms with E-state index in [2.05, 4.69) is 22.0 Å². The molecule has 130 valence electrons. The highest BCUT2D eigenvalue weighted by molar-refractivity contribution is 9.10. The van der Waals surface area contributed by atoms with Crippen LogP contribution in [-0.4, -0.2) is 18.2 Å². The first-order chi connectivity index (χ1) is 11.8. The number of amides is 1. The highest BCUT2D eigenvalue weighted by Gasteiger charge is 2.24. The van der Waals surface area contributed by atoms with Crippen LogP contribution in [0.25, 0.3) is 10.8 Å². The smallest absolute Gasteiger partial charge is 0.415 e. The van der Waals surface area contributed by atoms with E-state index in [4.69, 9.17) is 21.6 Å². The fraction of sp³-hybridized carbons (Fsp3) is 0.263. The number of nitriles is 1. The van der Waals surface area contributed by atoms with Crippen LogP contribution >= 0.6 is 27.5 Å². The number of hydrogen-bond acceptors (Lipinski definition) is 3. The Labute approximate surface area is 160 Å². The van der Waals surface area contributed by atoms with Crippen LogP contribution < -0.4 is 4.90 Å². The second-order valence-corrected chi connectivity index (χ2v) is 7.44. The molecular weight excluding hydrogens is 404 g/mol. The molecule has 2 rings (SSSR count). The molecule has 6 heteroatoms. The molecule has 2 aromatic rings. The van der Waals surface area contributed by atoms with Crippen molar-refractivity contribution in [3.63, 3.8) is 0 Å². The third kappa shape index (κ3) is 4.75. The molecule has 0 saturated heterocycles. The van der Waals surface area contributed by atoms with Gasteiger partial charge in [0.15, 0.2) is 0 Å². The van der Waals surface area contributed by atoms with Gasteiger partial charge in [-0.05, 0) is 65.7 Å². The molecule has 0 spiro atoms. The van der Waals surface area contributed by atoms with Gasteiger partial charge in [0.1, 0.15) is 5.60 Å². The van der Waals surface area contributed by atoms with E-state index in [-0.39, 0.29) is 6.54 Å². The maximum absolute atomic E-state index is 12.6. The van der Waals surface area contributed by atoms with E-state index >= 15 is 0 Å². The number of nitrogens with zero attached hydrogens (tertiary/aromatic N) is 2. The Morgan fingerprint density at radius 1 is 1.36 bits per heavy atom. The molecule has 0 heterocycles. The van der Waals surface area contributed by atoms with Gasteiger partial charge in [0.2, 0.25) is 0 Å². The van der Waals surface area contributed by atoms with Crippen LogP contribution in [0.1, 0.15) is 26.3 Å². The van der Waals surface area contributed by atoms with Crippen molar-refractivity contribution < 1.29 is 9.53 Å². The number of anilines is 1. The lowest BCUT2D eigenvalue weighted by Crippen LogP contribution is -2.37. The van der Waals surface area contributed by atoms with Crippen LogP contribution in [0, 0.1) is 11.3 Å². The first-order valence-corrected chi connectivity index (χ1v) is 8.88. The maximum atomic E-state index is 12.6. The van der Waals surface area contributed by atoms with Gasteiger partial charge < -0.3 is 4.74 Å². The zero-order chi connectivity index (χ0) is 18.6. The molecular formula is C19H18BrClN2O2. The minimum Gasteiger partial charge on any atom is -0.443 e. The Morgan fingerprint density at radius 2 is 2.08 bits per heavy atom. The van der Waals surface area contributed by atoms with E-state index in [1.165, 1.54) is 10.4 Å². The summed E-state index contributed by atoms with van der Waals surface area (Å²) in [4.78, 5) is 14.1. The number of rotatable bonds is 3. The van der Waals surface area contributed by atoms with E-state index in [0.717, 1.165) is 15.2 Å². The van der Waals surface area contributed by atoms with E-state index in [1.54, 1.807) is 18.2 Å². The first kappa shape index (κ1) is 19.3. The van der Waals surface area contributed by atoms with Crippen molar-refractivity contribution in [2.24, 2.45) is 0 Å². The Bertz CT molecular complexity index is 866. The fourth-order valence-corrected chi connectivity index (χ4v) is 3.08. The predicted octanol–water partition coefficient (Wildman–Crippen LogP) is 5.97. The summed E-state index contributed by atoms with van der Waals surface area (Å²) in [5.41, 5.74) is 2.01. The van der Waals surface area contributed by atoms with Gasteiger partial charge in [-0.25, -0.2) is 4.79 Å². The minimum atomic E-state index is -0.606. The Balaban J connectivity index is 2.51. The summed E-state index contributed by atoms with van der Waals surface area (Å²) < 4.78 is 6.25. The molecule has 25 heavy (non-hydrogen) atoms. The monoisotopic (exact) mass is 420 g/mol. The molecule has 1 amide bonds. The number of ether oxygens (including phenoxy) is 1. The summed E-state index contributed by atoms with van der Waals surface area (Å²) in [6, 6.07) is 11.2. The summed E-state index contributed by atoms with van der Waals surface area (Å²) >= 11 is 9.22. The van der Waals surface area contributed by atoms with Crippen molar-refractivity contribution in [1.29, 1.82) is 5.26 Å². The highest BCUT2D eigenvalue weighted by atomic mass is 79.9.